The summed E-state index contributed by atoms with van der Waals surface area (Å²) in [5.41, 5.74) is 1.95. The van der Waals surface area contributed by atoms with Crippen LogP contribution in [0.5, 0.6) is 0 Å². The summed E-state index contributed by atoms with van der Waals surface area (Å²) < 4.78 is 0. The lowest BCUT2D eigenvalue weighted by Crippen LogP contribution is -2.19. The molecule has 0 saturated heterocycles. The number of halogens is 1. The SMILES string of the molecule is Cc1ccc(Cl)cc1NC(=O)[C@H](C)c1nc(C)c(C(=O)O)s1. The maximum Gasteiger partial charge on any atom is 0.347 e. The summed E-state index contributed by atoms with van der Waals surface area (Å²) in [5.74, 6) is -1.83. The molecule has 1 amide bonds. The smallest absolute Gasteiger partial charge is 0.347 e. The van der Waals surface area contributed by atoms with Crippen molar-refractivity contribution in [2.75, 3.05) is 5.32 Å². The summed E-state index contributed by atoms with van der Waals surface area (Å²) in [6.45, 7) is 5.18. The van der Waals surface area contributed by atoms with E-state index in [0.29, 0.717) is 21.4 Å². The van der Waals surface area contributed by atoms with Gasteiger partial charge in [0.15, 0.2) is 0 Å². The number of amides is 1. The monoisotopic (exact) mass is 338 g/mol. The highest BCUT2D eigenvalue weighted by molar-refractivity contribution is 7.13. The van der Waals surface area contributed by atoms with Gasteiger partial charge in [0, 0.05) is 10.7 Å². The van der Waals surface area contributed by atoms with Crippen LogP contribution < -0.4 is 5.32 Å². The van der Waals surface area contributed by atoms with Crippen LogP contribution in [0.2, 0.25) is 5.02 Å². The Labute approximate surface area is 137 Å². The maximum atomic E-state index is 12.3. The molecule has 7 heteroatoms. The van der Waals surface area contributed by atoms with E-state index in [1.807, 2.05) is 13.0 Å². The largest absolute Gasteiger partial charge is 0.477 e. The molecule has 1 heterocycles. The Morgan fingerprint density at radius 1 is 1.36 bits per heavy atom. The molecule has 0 aliphatic heterocycles. The number of rotatable bonds is 4. The number of aromatic carboxylic acids is 1. The molecule has 2 rings (SSSR count). The topological polar surface area (TPSA) is 79.3 Å². The number of nitrogens with one attached hydrogen (secondary N) is 1. The predicted molar refractivity (Wildman–Crippen MR) is 87.0 cm³/mol. The van der Waals surface area contributed by atoms with Crippen LogP contribution in [-0.2, 0) is 4.79 Å². The maximum absolute atomic E-state index is 12.3. The number of aryl methyl sites for hydroxylation is 2. The number of hydrogen-bond acceptors (Lipinski definition) is 4. The fourth-order valence-electron chi connectivity index (χ4n) is 1.88. The second-order valence-corrected chi connectivity index (χ2v) is 6.41. The van der Waals surface area contributed by atoms with Gasteiger partial charge in [0.05, 0.1) is 11.6 Å². The van der Waals surface area contributed by atoms with E-state index in [-0.39, 0.29) is 10.8 Å². The number of thiazole rings is 1. The zero-order valence-electron chi connectivity index (χ0n) is 12.3. The molecule has 2 N–H and O–H groups in total. The Kier molecular flexibility index (Phi) is 4.83. The molecular formula is C15H15ClN2O3S. The van der Waals surface area contributed by atoms with E-state index in [0.717, 1.165) is 16.9 Å². The number of carboxylic acid groups (broad SMARTS) is 1. The van der Waals surface area contributed by atoms with Crippen molar-refractivity contribution >= 4 is 40.5 Å². The van der Waals surface area contributed by atoms with Gasteiger partial charge in [-0.15, -0.1) is 11.3 Å². The van der Waals surface area contributed by atoms with Gasteiger partial charge in [-0.05, 0) is 38.5 Å². The average molecular weight is 339 g/mol. The average Bonchev–Trinajstić information content (AvgIpc) is 2.84. The molecular weight excluding hydrogens is 324 g/mol. The number of hydrogen-bond donors (Lipinski definition) is 2. The van der Waals surface area contributed by atoms with Crippen molar-refractivity contribution in [3.05, 3.63) is 44.4 Å². The molecule has 0 bridgehead atoms. The number of aromatic nitrogens is 1. The summed E-state index contributed by atoms with van der Waals surface area (Å²) in [6.07, 6.45) is 0. The first-order valence-electron chi connectivity index (χ1n) is 6.57. The van der Waals surface area contributed by atoms with Crippen molar-refractivity contribution in [1.29, 1.82) is 0 Å². The van der Waals surface area contributed by atoms with Gasteiger partial charge in [-0.2, -0.15) is 0 Å². The molecule has 0 aliphatic carbocycles. The fourth-order valence-corrected chi connectivity index (χ4v) is 3.01. The minimum atomic E-state index is -1.03. The molecule has 0 spiro atoms. The highest BCUT2D eigenvalue weighted by Crippen LogP contribution is 2.27. The number of carbonyl (C=O) groups is 2. The third-order valence-corrected chi connectivity index (χ3v) is 4.79. The lowest BCUT2D eigenvalue weighted by atomic mass is 10.1. The summed E-state index contributed by atoms with van der Waals surface area (Å²) >= 11 is 6.95. The van der Waals surface area contributed by atoms with Crippen LogP contribution in [0.25, 0.3) is 0 Å². The van der Waals surface area contributed by atoms with Gasteiger partial charge >= 0.3 is 5.97 Å². The Hall–Kier alpha value is -1.92. The molecule has 1 aromatic heterocycles. The van der Waals surface area contributed by atoms with Gasteiger partial charge in [-0.1, -0.05) is 17.7 Å². The molecule has 5 nitrogen and oxygen atoms in total. The molecule has 0 unspecified atom stereocenters. The summed E-state index contributed by atoms with van der Waals surface area (Å²) in [4.78, 5) is 27.7. The quantitative estimate of drug-likeness (QED) is 0.887. The summed E-state index contributed by atoms with van der Waals surface area (Å²) in [5, 5.41) is 12.9. The zero-order chi connectivity index (χ0) is 16.4. The third-order valence-electron chi connectivity index (χ3n) is 3.23. The fraction of sp³-hybridized carbons (Fsp3) is 0.267. The minimum absolute atomic E-state index is 0.161. The highest BCUT2D eigenvalue weighted by atomic mass is 35.5. The Morgan fingerprint density at radius 2 is 2.05 bits per heavy atom. The van der Waals surface area contributed by atoms with Crippen LogP contribution in [0, 0.1) is 13.8 Å². The Morgan fingerprint density at radius 3 is 2.64 bits per heavy atom. The molecule has 0 radical (unpaired) electrons. The lowest BCUT2D eigenvalue weighted by molar-refractivity contribution is -0.117. The van der Waals surface area contributed by atoms with Gasteiger partial charge in [-0.25, -0.2) is 9.78 Å². The van der Waals surface area contributed by atoms with Crippen LogP contribution in [0.3, 0.4) is 0 Å². The molecule has 2 aromatic rings. The molecule has 0 saturated carbocycles. The summed E-state index contributed by atoms with van der Waals surface area (Å²) in [6, 6.07) is 5.25. The molecule has 1 aromatic carbocycles. The van der Waals surface area contributed by atoms with Crippen molar-refractivity contribution in [1.82, 2.24) is 4.98 Å². The van der Waals surface area contributed by atoms with Crippen molar-refractivity contribution in [3.63, 3.8) is 0 Å². The van der Waals surface area contributed by atoms with Crippen LogP contribution in [0.15, 0.2) is 18.2 Å². The second kappa shape index (κ2) is 6.46. The van der Waals surface area contributed by atoms with Gasteiger partial charge < -0.3 is 10.4 Å². The van der Waals surface area contributed by atoms with Crippen LogP contribution >= 0.6 is 22.9 Å². The first kappa shape index (κ1) is 16.5. The van der Waals surface area contributed by atoms with E-state index < -0.39 is 11.9 Å². The molecule has 22 heavy (non-hydrogen) atoms. The van der Waals surface area contributed by atoms with Crippen molar-refractivity contribution < 1.29 is 14.7 Å². The Bertz CT molecular complexity index is 742. The van der Waals surface area contributed by atoms with Gasteiger partial charge in [0.25, 0.3) is 0 Å². The molecule has 0 aliphatic rings. The first-order chi connectivity index (χ1) is 10.3. The third kappa shape index (κ3) is 3.45. The van der Waals surface area contributed by atoms with E-state index in [9.17, 15) is 9.59 Å². The van der Waals surface area contributed by atoms with Crippen molar-refractivity contribution in [2.45, 2.75) is 26.7 Å². The number of carboxylic acids is 1. The van der Waals surface area contributed by atoms with E-state index in [1.165, 1.54) is 0 Å². The van der Waals surface area contributed by atoms with Gasteiger partial charge in [0.2, 0.25) is 5.91 Å². The predicted octanol–water partition coefficient (Wildman–Crippen LogP) is 3.85. The normalized spacial score (nSPS) is 12.0. The lowest BCUT2D eigenvalue weighted by Gasteiger charge is -2.12. The molecule has 116 valence electrons. The Balaban J connectivity index is 2.20. The van der Waals surface area contributed by atoms with E-state index in [1.54, 1.807) is 26.0 Å². The standard InChI is InChI=1S/C15H15ClN2O3S/c1-7-4-5-10(16)6-11(7)18-13(19)8(2)14-17-9(3)12(22-14)15(20)21/h4-6,8H,1-3H3,(H,18,19)(H,20,21)/t8-/m0/s1. The van der Waals surface area contributed by atoms with Crippen molar-refractivity contribution in [3.8, 4) is 0 Å². The number of nitrogens with zero attached hydrogens (tertiary/aromatic N) is 1. The number of carbonyl (C=O) groups excluding carboxylic acids is 1. The summed E-state index contributed by atoms with van der Waals surface area (Å²) in [7, 11) is 0. The number of benzene rings is 1. The molecule has 0 fully saturated rings. The highest BCUT2D eigenvalue weighted by Gasteiger charge is 2.23. The zero-order valence-corrected chi connectivity index (χ0v) is 13.9. The van der Waals surface area contributed by atoms with Gasteiger partial charge in [0.1, 0.15) is 9.88 Å². The number of anilines is 1. The van der Waals surface area contributed by atoms with E-state index >= 15 is 0 Å². The first-order valence-corrected chi connectivity index (χ1v) is 7.76. The van der Waals surface area contributed by atoms with Crippen molar-refractivity contribution in [2.24, 2.45) is 0 Å². The van der Waals surface area contributed by atoms with E-state index in [2.05, 4.69) is 10.3 Å². The minimum Gasteiger partial charge on any atom is -0.477 e. The molecule has 1 atom stereocenters. The van der Waals surface area contributed by atoms with Crippen LogP contribution in [0.1, 0.15) is 38.8 Å². The second-order valence-electron chi connectivity index (χ2n) is 4.94. The van der Waals surface area contributed by atoms with Crippen LogP contribution in [0.4, 0.5) is 5.69 Å². The van der Waals surface area contributed by atoms with Gasteiger partial charge in [-0.3, -0.25) is 4.79 Å². The van der Waals surface area contributed by atoms with Crippen LogP contribution in [-0.4, -0.2) is 22.0 Å². The van der Waals surface area contributed by atoms with E-state index in [4.69, 9.17) is 16.7 Å².